The maximum atomic E-state index is 11.5. The zero-order valence-corrected chi connectivity index (χ0v) is 9.97. The van der Waals surface area contributed by atoms with Crippen LogP contribution in [0.15, 0.2) is 0 Å². The van der Waals surface area contributed by atoms with Crippen molar-refractivity contribution in [2.24, 2.45) is 5.92 Å². The summed E-state index contributed by atoms with van der Waals surface area (Å²) in [7, 11) is -0.983. The van der Waals surface area contributed by atoms with E-state index in [2.05, 4.69) is 13.8 Å². The molecule has 0 aromatic carbocycles. The standard InChI is InChI=1S/C10H20O3S/c1-8(2)5-4-6-14(13)9(3)7-10(11)12/h8-9H,4-7H2,1-3H3,(H,11,12). The SMILES string of the molecule is CC(C)CCCS(=O)C(C)CC(=O)O. The van der Waals surface area contributed by atoms with Gasteiger partial charge in [0.05, 0.1) is 6.42 Å². The lowest BCUT2D eigenvalue weighted by Crippen LogP contribution is -2.18. The van der Waals surface area contributed by atoms with Crippen molar-refractivity contribution in [1.82, 2.24) is 0 Å². The van der Waals surface area contributed by atoms with Crippen LogP contribution in [-0.4, -0.2) is 26.3 Å². The number of aliphatic carboxylic acids is 1. The maximum absolute atomic E-state index is 11.5. The van der Waals surface area contributed by atoms with Gasteiger partial charge in [0.2, 0.25) is 0 Å². The second-order valence-corrected chi connectivity index (χ2v) is 6.00. The van der Waals surface area contributed by atoms with Gasteiger partial charge in [-0.1, -0.05) is 27.2 Å². The van der Waals surface area contributed by atoms with Crippen LogP contribution >= 0.6 is 0 Å². The Labute approximate surface area is 88.4 Å². The summed E-state index contributed by atoms with van der Waals surface area (Å²) in [6.07, 6.45) is 1.99. The molecular weight excluding hydrogens is 200 g/mol. The van der Waals surface area contributed by atoms with Crippen LogP contribution in [-0.2, 0) is 15.6 Å². The number of rotatable bonds is 7. The smallest absolute Gasteiger partial charge is 0.304 e. The van der Waals surface area contributed by atoms with Gasteiger partial charge in [0.15, 0.2) is 0 Å². The predicted molar refractivity (Wildman–Crippen MR) is 58.8 cm³/mol. The van der Waals surface area contributed by atoms with Crippen LogP contribution in [0, 0.1) is 5.92 Å². The average molecular weight is 220 g/mol. The summed E-state index contributed by atoms with van der Waals surface area (Å²) >= 11 is 0. The number of carboxylic acids is 1. The van der Waals surface area contributed by atoms with Crippen LogP contribution < -0.4 is 0 Å². The topological polar surface area (TPSA) is 54.4 Å². The fourth-order valence-electron chi connectivity index (χ4n) is 1.17. The summed E-state index contributed by atoms with van der Waals surface area (Å²) in [5.41, 5.74) is 0. The van der Waals surface area contributed by atoms with Crippen molar-refractivity contribution >= 4 is 16.8 Å². The van der Waals surface area contributed by atoms with E-state index in [0.29, 0.717) is 11.7 Å². The van der Waals surface area contributed by atoms with E-state index in [1.165, 1.54) is 0 Å². The van der Waals surface area contributed by atoms with Crippen LogP contribution in [0.4, 0.5) is 0 Å². The second kappa shape index (κ2) is 6.98. The molecule has 0 aliphatic carbocycles. The lowest BCUT2D eigenvalue weighted by Gasteiger charge is -2.09. The molecule has 4 heteroatoms. The van der Waals surface area contributed by atoms with E-state index in [1.807, 2.05) is 0 Å². The third-order valence-electron chi connectivity index (χ3n) is 2.04. The minimum absolute atomic E-state index is 0.00822. The third-order valence-corrected chi connectivity index (χ3v) is 3.79. The van der Waals surface area contributed by atoms with Gasteiger partial charge >= 0.3 is 5.97 Å². The Kier molecular flexibility index (Phi) is 6.79. The number of carbonyl (C=O) groups is 1. The Morgan fingerprint density at radius 2 is 1.93 bits per heavy atom. The molecule has 0 bridgehead atoms. The molecule has 0 saturated heterocycles. The molecular formula is C10H20O3S. The lowest BCUT2D eigenvalue weighted by atomic mass is 10.1. The third kappa shape index (κ3) is 7.06. The van der Waals surface area contributed by atoms with E-state index in [0.717, 1.165) is 12.8 Å². The summed E-state index contributed by atoms with van der Waals surface area (Å²) in [6.45, 7) is 5.99. The number of hydrogen-bond acceptors (Lipinski definition) is 2. The first-order chi connectivity index (χ1) is 6.43. The molecule has 0 saturated carbocycles. The monoisotopic (exact) mass is 220 g/mol. The number of hydrogen-bond donors (Lipinski definition) is 1. The Morgan fingerprint density at radius 1 is 1.36 bits per heavy atom. The normalized spacial score (nSPS) is 15.4. The highest BCUT2D eigenvalue weighted by Crippen LogP contribution is 2.08. The van der Waals surface area contributed by atoms with Crippen LogP contribution in [0.2, 0.25) is 0 Å². The first kappa shape index (κ1) is 13.6. The molecule has 84 valence electrons. The highest BCUT2D eigenvalue weighted by atomic mass is 32.2. The van der Waals surface area contributed by atoms with E-state index in [9.17, 15) is 9.00 Å². The summed E-state index contributed by atoms with van der Waals surface area (Å²) in [5.74, 6) is 0.392. The predicted octanol–water partition coefficient (Wildman–Crippen LogP) is 2.03. The van der Waals surface area contributed by atoms with Crippen molar-refractivity contribution < 1.29 is 14.1 Å². The summed E-state index contributed by atoms with van der Waals surface area (Å²) in [4.78, 5) is 10.4. The summed E-state index contributed by atoms with van der Waals surface area (Å²) in [5, 5.41) is 8.29. The molecule has 3 nitrogen and oxygen atoms in total. The van der Waals surface area contributed by atoms with Gasteiger partial charge in [0.25, 0.3) is 0 Å². The van der Waals surface area contributed by atoms with Crippen molar-refractivity contribution in [3.63, 3.8) is 0 Å². The van der Waals surface area contributed by atoms with E-state index < -0.39 is 16.8 Å². The van der Waals surface area contributed by atoms with E-state index in [-0.39, 0.29) is 11.7 Å². The highest BCUT2D eigenvalue weighted by Gasteiger charge is 2.14. The minimum Gasteiger partial charge on any atom is -0.481 e. The van der Waals surface area contributed by atoms with Gasteiger partial charge in [-0.05, 0) is 12.3 Å². The van der Waals surface area contributed by atoms with Crippen molar-refractivity contribution in [3.05, 3.63) is 0 Å². The van der Waals surface area contributed by atoms with Crippen molar-refractivity contribution in [3.8, 4) is 0 Å². The van der Waals surface area contributed by atoms with Gasteiger partial charge in [-0.25, -0.2) is 0 Å². The molecule has 0 radical (unpaired) electrons. The molecule has 0 aromatic heterocycles. The first-order valence-electron chi connectivity index (χ1n) is 5.02. The van der Waals surface area contributed by atoms with Crippen LogP contribution in [0.3, 0.4) is 0 Å². The van der Waals surface area contributed by atoms with Gasteiger partial charge in [-0.2, -0.15) is 0 Å². The fourth-order valence-corrected chi connectivity index (χ4v) is 2.36. The van der Waals surface area contributed by atoms with Gasteiger partial charge in [0, 0.05) is 21.8 Å². The zero-order chi connectivity index (χ0) is 11.1. The van der Waals surface area contributed by atoms with Crippen molar-refractivity contribution in [2.75, 3.05) is 5.75 Å². The largest absolute Gasteiger partial charge is 0.481 e. The van der Waals surface area contributed by atoms with Crippen LogP contribution in [0.1, 0.15) is 40.0 Å². The molecule has 0 aliphatic heterocycles. The molecule has 0 amide bonds. The highest BCUT2D eigenvalue weighted by molar-refractivity contribution is 7.85. The maximum Gasteiger partial charge on any atom is 0.304 e. The summed E-state index contributed by atoms with van der Waals surface area (Å²) in [6, 6.07) is 0. The van der Waals surface area contributed by atoms with Gasteiger partial charge in [0.1, 0.15) is 0 Å². The van der Waals surface area contributed by atoms with Gasteiger partial charge in [-0.3, -0.25) is 9.00 Å². The van der Waals surface area contributed by atoms with Crippen LogP contribution in [0.5, 0.6) is 0 Å². The Morgan fingerprint density at radius 3 is 2.36 bits per heavy atom. The van der Waals surface area contributed by atoms with Gasteiger partial charge in [-0.15, -0.1) is 0 Å². The molecule has 2 unspecified atom stereocenters. The molecule has 0 aliphatic rings. The lowest BCUT2D eigenvalue weighted by molar-refractivity contribution is -0.136. The van der Waals surface area contributed by atoms with E-state index in [4.69, 9.17) is 5.11 Å². The zero-order valence-electron chi connectivity index (χ0n) is 9.16. The minimum atomic E-state index is -0.983. The molecule has 0 heterocycles. The van der Waals surface area contributed by atoms with Crippen LogP contribution in [0.25, 0.3) is 0 Å². The van der Waals surface area contributed by atoms with E-state index >= 15 is 0 Å². The average Bonchev–Trinajstić information content (AvgIpc) is 2.01. The fraction of sp³-hybridized carbons (Fsp3) is 0.900. The molecule has 0 spiro atoms. The molecule has 2 atom stereocenters. The Bertz CT molecular complexity index is 202. The van der Waals surface area contributed by atoms with E-state index in [1.54, 1.807) is 6.92 Å². The van der Waals surface area contributed by atoms with Gasteiger partial charge < -0.3 is 5.11 Å². The molecule has 1 N–H and O–H groups in total. The molecule has 14 heavy (non-hydrogen) atoms. The van der Waals surface area contributed by atoms with Crippen molar-refractivity contribution in [1.29, 1.82) is 0 Å². The molecule has 0 fully saturated rings. The summed E-state index contributed by atoms with van der Waals surface area (Å²) < 4.78 is 11.5. The number of carboxylic acid groups (broad SMARTS) is 1. The Hall–Kier alpha value is -0.380. The molecule has 0 aromatic rings. The Balaban J connectivity index is 3.67. The second-order valence-electron chi connectivity index (χ2n) is 4.03. The molecule has 0 rings (SSSR count). The van der Waals surface area contributed by atoms with Crippen molar-refractivity contribution in [2.45, 2.75) is 45.3 Å². The quantitative estimate of drug-likeness (QED) is 0.714. The first-order valence-corrected chi connectivity index (χ1v) is 6.40.